The molecule has 5 heteroatoms. The molecule has 144 valence electrons. The number of hydrogen-bond acceptors (Lipinski definition) is 5. The summed E-state index contributed by atoms with van der Waals surface area (Å²) >= 11 is 0. The van der Waals surface area contributed by atoms with Crippen LogP contribution in [0.25, 0.3) is 22.3 Å². The van der Waals surface area contributed by atoms with Gasteiger partial charge in [0, 0.05) is 54.7 Å². The molecule has 0 radical (unpaired) electrons. The van der Waals surface area contributed by atoms with E-state index in [1.54, 1.807) is 0 Å². The van der Waals surface area contributed by atoms with E-state index in [1.165, 1.54) is 5.69 Å². The third-order valence-electron chi connectivity index (χ3n) is 5.53. The molecule has 2 aromatic carbocycles. The van der Waals surface area contributed by atoms with Crippen LogP contribution in [0.4, 0.5) is 11.5 Å². The Morgan fingerprint density at radius 3 is 2.66 bits per heavy atom. The highest BCUT2D eigenvalue weighted by atomic mass is 15.3. The molecule has 0 bridgehead atoms. The zero-order chi connectivity index (χ0) is 19.6. The van der Waals surface area contributed by atoms with Crippen molar-refractivity contribution < 1.29 is 0 Å². The van der Waals surface area contributed by atoms with Crippen molar-refractivity contribution in [3.63, 3.8) is 0 Å². The lowest BCUT2D eigenvalue weighted by atomic mass is 10.1. The van der Waals surface area contributed by atoms with Gasteiger partial charge in [0.15, 0.2) is 5.82 Å². The molecule has 29 heavy (non-hydrogen) atoms. The van der Waals surface area contributed by atoms with Crippen LogP contribution in [0.1, 0.15) is 6.92 Å². The molecule has 0 aliphatic carbocycles. The molecule has 0 saturated carbocycles. The predicted molar refractivity (Wildman–Crippen MR) is 118 cm³/mol. The summed E-state index contributed by atoms with van der Waals surface area (Å²) in [6, 6.07) is 23.1. The Labute approximate surface area is 170 Å². The van der Waals surface area contributed by atoms with Crippen LogP contribution < -0.4 is 9.80 Å². The number of anilines is 2. The monoisotopic (exact) mass is 381 g/mol. The number of benzene rings is 2. The summed E-state index contributed by atoms with van der Waals surface area (Å²) < 4.78 is 0. The van der Waals surface area contributed by atoms with Crippen LogP contribution in [0.5, 0.6) is 0 Å². The minimum absolute atomic E-state index is 0.388. The molecule has 4 aromatic rings. The van der Waals surface area contributed by atoms with Crippen molar-refractivity contribution in [3.05, 3.63) is 79.1 Å². The fraction of sp³-hybridized carbons (Fsp3) is 0.208. The van der Waals surface area contributed by atoms with Gasteiger partial charge in [-0.2, -0.15) is 0 Å². The molecule has 1 atom stereocenters. The Morgan fingerprint density at radius 2 is 1.79 bits per heavy atom. The molecule has 0 N–H and O–H groups in total. The number of para-hydroxylation sites is 1. The molecule has 1 unspecified atom stereocenters. The van der Waals surface area contributed by atoms with Crippen LogP contribution in [0, 0.1) is 0 Å². The minimum Gasteiger partial charge on any atom is -0.365 e. The van der Waals surface area contributed by atoms with Crippen molar-refractivity contribution in [1.29, 1.82) is 0 Å². The maximum absolute atomic E-state index is 4.76. The normalized spacial score (nSPS) is 16.9. The third-order valence-corrected chi connectivity index (χ3v) is 5.53. The van der Waals surface area contributed by atoms with Gasteiger partial charge in [0.2, 0.25) is 0 Å². The summed E-state index contributed by atoms with van der Waals surface area (Å²) in [4.78, 5) is 18.7. The van der Waals surface area contributed by atoms with Crippen molar-refractivity contribution in [3.8, 4) is 11.4 Å². The average molecular weight is 381 g/mol. The van der Waals surface area contributed by atoms with Gasteiger partial charge < -0.3 is 9.80 Å². The van der Waals surface area contributed by atoms with E-state index >= 15 is 0 Å². The second-order valence-corrected chi connectivity index (χ2v) is 7.48. The van der Waals surface area contributed by atoms with E-state index in [4.69, 9.17) is 4.98 Å². The number of aromatic nitrogens is 3. The Balaban J connectivity index is 1.39. The van der Waals surface area contributed by atoms with Gasteiger partial charge >= 0.3 is 0 Å². The fourth-order valence-corrected chi connectivity index (χ4v) is 4.02. The van der Waals surface area contributed by atoms with Gasteiger partial charge in [-0.1, -0.05) is 36.4 Å². The zero-order valence-electron chi connectivity index (χ0n) is 16.4. The molecule has 1 fully saturated rings. The molecular weight excluding hydrogens is 358 g/mol. The topological polar surface area (TPSA) is 45.2 Å². The standard InChI is InChI=1S/C24H23N5/c1-18-17-28(23-11-4-5-12-25-23)13-14-29(18)21-9-6-8-19(15-21)24-26-16-20-7-2-3-10-22(20)27-24/h2-12,15-16,18H,13-14,17H2,1H3. The highest BCUT2D eigenvalue weighted by Gasteiger charge is 2.24. The second-order valence-electron chi connectivity index (χ2n) is 7.48. The number of piperazine rings is 1. The van der Waals surface area contributed by atoms with Gasteiger partial charge in [0.1, 0.15) is 5.82 Å². The molecule has 1 aliphatic heterocycles. The minimum atomic E-state index is 0.388. The molecule has 1 saturated heterocycles. The van der Waals surface area contributed by atoms with Crippen molar-refractivity contribution in [2.24, 2.45) is 0 Å². The van der Waals surface area contributed by atoms with Crippen molar-refractivity contribution >= 4 is 22.4 Å². The van der Waals surface area contributed by atoms with Gasteiger partial charge in [-0.25, -0.2) is 15.0 Å². The van der Waals surface area contributed by atoms with Crippen LogP contribution in [-0.2, 0) is 0 Å². The van der Waals surface area contributed by atoms with Crippen LogP contribution in [-0.4, -0.2) is 40.6 Å². The van der Waals surface area contributed by atoms with E-state index in [9.17, 15) is 0 Å². The first-order valence-electron chi connectivity index (χ1n) is 10.0. The van der Waals surface area contributed by atoms with Crippen LogP contribution in [0.2, 0.25) is 0 Å². The van der Waals surface area contributed by atoms with Crippen LogP contribution in [0.15, 0.2) is 79.1 Å². The summed E-state index contributed by atoms with van der Waals surface area (Å²) in [7, 11) is 0. The summed E-state index contributed by atoms with van der Waals surface area (Å²) in [6.45, 7) is 5.14. The smallest absolute Gasteiger partial charge is 0.159 e. The summed E-state index contributed by atoms with van der Waals surface area (Å²) in [6.07, 6.45) is 3.76. The first kappa shape index (κ1) is 17.6. The number of nitrogens with zero attached hydrogens (tertiary/aromatic N) is 5. The summed E-state index contributed by atoms with van der Waals surface area (Å²) in [5.41, 5.74) is 3.24. The number of pyridine rings is 1. The van der Waals surface area contributed by atoms with Crippen LogP contribution >= 0.6 is 0 Å². The Hall–Kier alpha value is -3.47. The molecule has 0 spiro atoms. The van der Waals surface area contributed by atoms with E-state index in [-0.39, 0.29) is 0 Å². The molecule has 5 nitrogen and oxygen atoms in total. The quantitative estimate of drug-likeness (QED) is 0.526. The first-order valence-corrected chi connectivity index (χ1v) is 10.0. The lowest BCUT2D eigenvalue weighted by Crippen LogP contribution is -2.52. The Morgan fingerprint density at radius 1 is 0.897 bits per heavy atom. The van der Waals surface area contributed by atoms with E-state index in [0.29, 0.717) is 6.04 Å². The Kier molecular flexibility index (Phi) is 4.56. The fourth-order valence-electron chi connectivity index (χ4n) is 4.02. The molecule has 1 aliphatic rings. The second kappa shape index (κ2) is 7.51. The SMILES string of the molecule is CC1CN(c2ccccn2)CCN1c1cccc(-c2ncc3ccccc3n2)c1. The van der Waals surface area contributed by atoms with E-state index < -0.39 is 0 Å². The highest BCUT2D eigenvalue weighted by molar-refractivity contribution is 5.79. The van der Waals surface area contributed by atoms with Gasteiger partial charge in [-0.15, -0.1) is 0 Å². The third kappa shape index (κ3) is 3.51. The Bertz CT molecular complexity index is 1130. The van der Waals surface area contributed by atoms with E-state index in [1.807, 2.05) is 48.8 Å². The average Bonchev–Trinajstić information content (AvgIpc) is 2.79. The number of hydrogen-bond donors (Lipinski definition) is 0. The summed E-state index contributed by atoms with van der Waals surface area (Å²) in [5, 5.41) is 1.06. The van der Waals surface area contributed by atoms with E-state index in [2.05, 4.69) is 57.0 Å². The zero-order valence-corrected chi connectivity index (χ0v) is 16.4. The van der Waals surface area contributed by atoms with Crippen molar-refractivity contribution in [2.45, 2.75) is 13.0 Å². The maximum Gasteiger partial charge on any atom is 0.159 e. The molecular formula is C24H23N5. The highest BCUT2D eigenvalue weighted by Crippen LogP contribution is 2.27. The molecule has 2 aromatic heterocycles. The predicted octanol–water partition coefficient (Wildman–Crippen LogP) is 4.41. The molecule has 3 heterocycles. The number of rotatable bonds is 3. The van der Waals surface area contributed by atoms with Gasteiger partial charge in [-0.3, -0.25) is 0 Å². The van der Waals surface area contributed by atoms with Crippen LogP contribution in [0.3, 0.4) is 0 Å². The van der Waals surface area contributed by atoms with Gasteiger partial charge in [0.05, 0.1) is 5.52 Å². The molecule has 5 rings (SSSR count). The van der Waals surface area contributed by atoms with Gasteiger partial charge in [-0.05, 0) is 37.3 Å². The lowest BCUT2D eigenvalue weighted by Gasteiger charge is -2.41. The lowest BCUT2D eigenvalue weighted by molar-refractivity contribution is 0.547. The van der Waals surface area contributed by atoms with Gasteiger partial charge in [0.25, 0.3) is 0 Å². The maximum atomic E-state index is 4.76. The van der Waals surface area contributed by atoms with Crippen molar-refractivity contribution in [1.82, 2.24) is 15.0 Å². The largest absolute Gasteiger partial charge is 0.365 e. The first-order chi connectivity index (χ1) is 14.3. The molecule has 0 amide bonds. The van der Waals surface area contributed by atoms with E-state index in [0.717, 1.165) is 47.7 Å². The summed E-state index contributed by atoms with van der Waals surface area (Å²) in [5.74, 6) is 1.82. The number of fused-ring (bicyclic) bond motifs is 1. The van der Waals surface area contributed by atoms with Crippen molar-refractivity contribution in [2.75, 3.05) is 29.4 Å².